The number of carbonyl (C=O) groups is 3. The molecule has 0 spiro atoms. The summed E-state index contributed by atoms with van der Waals surface area (Å²) in [4.78, 5) is 37.2. The molecule has 2 saturated heterocycles. The molecule has 0 radical (unpaired) electrons. The summed E-state index contributed by atoms with van der Waals surface area (Å²) in [5, 5.41) is 4.21. The van der Waals surface area contributed by atoms with E-state index in [-0.39, 0.29) is 45.0 Å². The predicted molar refractivity (Wildman–Crippen MR) is 106 cm³/mol. The Morgan fingerprint density at radius 2 is 1.88 bits per heavy atom. The lowest BCUT2D eigenvalue weighted by Gasteiger charge is -2.42. The number of amides is 3. The Balaban J connectivity index is 1.62. The fraction of sp³-hybridized carbons (Fsp3) is 0.526. The third kappa shape index (κ3) is 5.39. The van der Waals surface area contributed by atoms with Crippen LogP contribution in [0.25, 0.3) is 0 Å². The lowest BCUT2D eigenvalue weighted by atomic mass is 10.2. The van der Waals surface area contributed by atoms with E-state index in [1.165, 1.54) is 11.8 Å². The summed E-state index contributed by atoms with van der Waals surface area (Å²) >= 11 is 0. The Morgan fingerprint density at radius 1 is 1.22 bits per heavy atom. The van der Waals surface area contributed by atoms with Gasteiger partial charge in [-0.2, -0.15) is 13.2 Å². The number of alkyl halides is 4. The molecule has 3 rings (SSSR count). The zero-order valence-corrected chi connectivity index (χ0v) is 17.1. The van der Waals surface area contributed by atoms with Crippen molar-refractivity contribution < 1.29 is 36.7 Å². The summed E-state index contributed by atoms with van der Waals surface area (Å²) in [6.07, 6.45) is -10.3. The Bertz CT molecular complexity index is 838. The third-order valence-corrected chi connectivity index (χ3v) is 5.21. The van der Waals surface area contributed by atoms with Gasteiger partial charge in [-0.25, -0.2) is 14.1 Å². The first kappa shape index (κ1) is 23.6. The van der Waals surface area contributed by atoms with Crippen LogP contribution < -0.4 is 20.4 Å². The number of hydrogen-bond donors (Lipinski definition) is 2. The lowest BCUT2D eigenvalue weighted by Crippen LogP contribution is -2.63. The number of piperazine rings is 1. The highest BCUT2D eigenvalue weighted by molar-refractivity contribution is 5.90. The van der Waals surface area contributed by atoms with Crippen molar-refractivity contribution in [2.24, 2.45) is 0 Å². The van der Waals surface area contributed by atoms with Crippen LogP contribution >= 0.6 is 0 Å². The molecule has 0 saturated carbocycles. The van der Waals surface area contributed by atoms with Crippen molar-refractivity contribution >= 4 is 29.8 Å². The highest BCUT2D eigenvalue weighted by atomic mass is 19.4. The molecule has 2 heterocycles. The molecule has 0 aliphatic carbocycles. The van der Waals surface area contributed by atoms with Gasteiger partial charge in [-0.3, -0.25) is 14.5 Å². The molecule has 3 amide bonds. The summed E-state index contributed by atoms with van der Waals surface area (Å²) in [6, 6.07) is 6.53. The number of carbonyl (C=O) groups excluding carboxylic acids is 3. The largest absolute Gasteiger partial charge is 0.442 e. The van der Waals surface area contributed by atoms with Crippen molar-refractivity contribution in [2.45, 2.75) is 31.7 Å². The van der Waals surface area contributed by atoms with Gasteiger partial charge >= 0.3 is 12.3 Å². The second kappa shape index (κ2) is 9.59. The van der Waals surface area contributed by atoms with Crippen LogP contribution in [0.1, 0.15) is 6.92 Å². The highest BCUT2D eigenvalue weighted by Crippen LogP contribution is 2.29. The summed E-state index contributed by atoms with van der Waals surface area (Å²) in [7, 11) is 0. The number of ether oxygens (including phenoxy) is 1. The molecule has 13 heteroatoms. The van der Waals surface area contributed by atoms with E-state index in [4.69, 9.17) is 4.74 Å². The lowest BCUT2D eigenvalue weighted by molar-refractivity contribution is -0.207. The molecule has 0 aromatic heterocycles. The number of benzene rings is 1. The van der Waals surface area contributed by atoms with Gasteiger partial charge in [-0.15, -0.1) is 0 Å². The number of hydrogen-bond acceptors (Lipinski definition) is 6. The van der Waals surface area contributed by atoms with Gasteiger partial charge in [0.1, 0.15) is 6.10 Å². The molecular weight excluding hydrogens is 438 g/mol. The van der Waals surface area contributed by atoms with Gasteiger partial charge < -0.3 is 20.3 Å². The van der Waals surface area contributed by atoms with E-state index >= 15 is 0 Å². The van der Waals surface area contributed by atoms with Crippen LogP contribution in [-0.2, 0) is 14.3 Å². The standard InChI is InChI=1S/C19H23F4N5O4/c1-12(30)24-8-15-9-28(18(31)32-15)14-4-2-13(3-5-14)26-6-7-27(16(20)10-26)17(25-11-29)19(21,22)23/h2-5,11,15-17H,6-10H2,1H3,(H,24,30)(H,25,29). The van der Waals surface area contributed by atoms with Crippen molar-refractivity contribution in [3.63, 3.8) is 0 Å². The summed E-state index contributed by atoms with van der Waals surface area (Å²) in [5.41, 5.74) is 1.11. The molecule has 0 bridgehead atoms. The number of anilines is 2. The molecule has 2 N–H and O–H groups in total. The highest BCUT2D eigenvalue weighted by Gasteiger charge is 2.47. The molecule has 3 atom stereocenters. The van der Waals surface area contributed by atoms with Crippen LogP contribution in [0.5, 0.6) is 0 Å². The van der Waals surface area contributed by atoms with Gasteiger partial charge in [0.15, 0.2) is 12.5 Å². The monoisotopic (exact) mass is 461 g/mol. The van der Waals surface area contributed by atoms with E-state index in [9.17, 15) is 31.9 Å². The zero-order chi connectivity index (χ0) is 23.5. The number of nitrogens with one attached hydrogen (secondary N) is 2. The summed E-state index contributed by atoms with van der Waals surface area (Å²) < 4.78 is 59.1. The van der Waals surface area contributed by atoms with Crippen molar-refractivity contribution in [1.29, 1.82) is 0 Å². The first-order chi connectivity index (χ1) is 15.1. The minimum Gasteiger partial charge on any atom is -0.442 e. The SMILES string of the molecule is CC(=O)NCC1CN(c2ccc(N3CCN(C(NC=O)C(F)(F)F)C(F)C3)cc2)C(=O)O1. The van der Waals surface area contributed by atoms with Gasteiger partial charge in [0.25, 0.3) is 0 Å². The minimum atomic E-state index is -4.81. The Labute approximate surface area is 181 Å². The van der Waals surface area contributed by atoms with Crippen LogP contribution in [0.2, 0.25) is 0 Å². The van der Waals surface area contributed by atoms with E-state index in [2.05, 4.69) is 5.32 Å². The Kier molecular flexibility index (Phi) is 7.06. The number of halogens is 4. The van der Waals surface area contributed by atoms with E-state index in [0.29, 0.717) is 16.3 Å². The first-order valence-corrected chi connectivity index (χ1v) is 9.84. The molecule has 2 fully saturated rings. The maximum Gasteiger partial charge on any atom is 0.422 e. The molecule has 2 aliphatic heterocycles. The molecule has 1 aromatic carbocycles. The normalized spacial score (nSPS) is 23.0. The van der Waals surface area contributed by atoms with Crippen LogP contribution in [-0.4, -0.2) is 80.8 Å². The molecule has 32 heavy (non-hydrogen) atoms. The number of nitrogens with zero attached hydrogens (tertiary/aromatic N) is 3. The van der Waals surface area contributed by atoms with Crippen LogP contribution in [0.3, 0.4) is 0 Å². The Morgan fingerprint density at radius 3 is 2.44 bits per heavy atom. The minimum absolute atomic E-state index is 0.0972. The molecule has 9 nitrogen and oxygen atoms in total. The van der Waals surface area contributed by atoms with E-state index in [1.54, 1.807) is 34.5 Å². The van der Waals surface area contributed by atoms with Crippen molar-refractivity contribution in [3.05, 3.63) is 24.3 Å². The number of cyclic esters (lactones) is 1. The molecule has 1 aromatic rings. The first-order valence-electron chi connectivity index (χ1n) is 9.84. The second-order valence-electron chi connectivity index (χ2n) is 7.42. The van der Waals surface area contributed by atoms with Crippen LogP contribution in [0.15, 0.2) is 24.3 Å². The van der Waals surface area contributed by atoms with E-state index in [1.807, 2.05) is 0 Å². The van der Waals surface area contributed by atoms with Gasteiger partial charge in [0.05, 0.1) is 19.6 Å². The fourth-order valence-corrected chi connectivity index (χ4v) is 3.66. The average Bonchev–Trinajstić information content (AvgIpc) is 3.11. The summed E-state index contributed by atoms with van der Waals surface area (Å²) in [5.74, 6) is -0.237. The van der Waals surface area contributed by atoms with E-state index < -0.39 is 30.8 Å². The van der Waals surface area contributed by atoms with E-state index in [0.717, 1.165) is 0 Å². The predicted octanol–water partition coefficient (Wildman–Crippen LogP) is 1.20. The molecular formula is C19H23F4N5O4. The molecule has 3 unspecified atom stereocenters. The quantitative estimate of drug-likeness (QED) is 0.360. The zero-order valence-electron chi connectivity index (χ0n) is 17.1. The second-order valence-corrected chi connectivity index (χ2v) is 7.42. The van der Waals surface area contributed by atoms with Gasteiger partial charge in [0, 0.05) is 31.4 Å². The average molecular weight is 461 g/mol. The van der Waals surface area contributed by atoms with Crippen molar-refractivity contribution in [1.82, 2.24) is 15.5 Å². The molecule has 176 valence electrons. The third-order valence-electron chi connectivity index (χ3n) is 5.21. The maximum absolute atomic E-state index is 14.6. The number of rotatable bonds is 7. The topological polar surface area (TPSA) is 94.2 Å². The van der Waals surface area contributed by atoms with Gasteiger partial charge in [-0.05, 0) is 24.3 Å². The van der Waals surface area contributed by atoms with Gasteiger partial charge in [0.2, 0.25) is 12.3 Å². The maximum atomic E-state index is 14.6. The summed E-state index contributed by atoms with van der Waals surface area (Å²) in [6.45, 7) is 1.32. The Hall–Kier alpha value is -3.09. The van der Waals surface area contributed by atoms with Gasteiger partial charge in [-0.1, -0.05) is 0 Å². The van der Waals surface area contributed by atoms with Crippen molar-refractivity contribution in [2.75, 3.05) is 42.5 Å². The smallest absolute Gasteiger partial charge is 0.422 e. The van der Waals surface area contributed by atoms with Crippen LogP contribution in [0, 0.1) is 0 Å². The fourth-order valence-electron chi connectivity index (χ4n) is 3.66. The van der Waals surface area contributed by atoms with Crippen molar-refractivity contribution in [3.8, 4) is 0 Å². The van der Waals surface area contributed by atoms with Crippen LogP contribution in [0.4, 0.5) is 33.7 Å². The molecule has 2 aliphatic rings.